The monoisotopic (exact) mass is 613 g/mol. The fourth-order valence-corrected chi connectivity index (χ4v) is 5.40. The van der Waals surface area contributed by atoms with Crippen LogP contribution in [-0.4, -0.2) is 48.9 Å². The number of amidine groups is 1. The maximum absolute atomic E-state index is 13.4. The summed E-state index contributed by atoms with van der Waals surface area (Å²) in [6.07, 6.45) is 1.96. The number of nitrogens with one attached hydrogen (secondary N) is 1. The molecule has 0 aliphatic carbocycles. The van der Waals surface area contributed by atoms with Gasteiger partial charge in [-0.05, 0) is 70.9 Å². The van der Waals surface area contributed by atoms with Gasteiger partial charge in [-0.3, -0.25) is 15.0 Å². The third-order valence-corrected chi connectivity index (χ3v) is 7.67. The quantitative estimate of drug-likeness (QED) is 0.134. The van der Waals surface area contributed by atoms with E-state index in [1.807, 2.05) is 60.7 Å². The smallest absolute Gasteiger partial charge is 0.321 e. The molecule has 0 unspecified atom stereocenters. The summed E-state index contributed by atoms with van der Waals surface area (Å²) < 4.78 is 11.9. The molecule has 1 heterocycles. The molecule has 1 saturated heterocycles. The van der Waals surface area contributed by atoms with Crippen LogP contribution in [0.4, 0.5) is 0 Å². The van der Waals surface area contributed by atoms with Crippen LogP contribution in [0.3, 0.4) is 0 Å². The van der Waals surface area contributed by atoms with Gasteiger partial charge < -0.3 is 20.1 Å². The minimum absolute atomic E-state index is 0. The standard InChI is InChI=1S/C30H32BrN3O4.ClH/c1-30(29(36)37-2)18-24(34(28(30)35)16-6-9-20-7-4-3-5-8-20)19-38-26-15-14-23(17-25(26)31)21-10-12-22(13-11-21)27(32)33;/h3-5,7-8,10-15,17,24H,6,9,16,18-19H2,1-2H3,(H3,32,33);1H/t24-,30-;/m0./s1. The molecular weight excluding hydrogens is 582 g/mol. The van der Waals surface area contributed by atoms with Crippen LogP contribution in [-0.2, 0) is 20.7 Å². The molecule has 206 valence electrons. The summed E-state index contributed by atoms with van der Waals surface area (Å²) in [5.74, 6) is -0.0458. The van der Waals surface area contributed by atoms with Gasteiger partial charge in [0.15, 0.2) is 0 Å². The van der Waals surface area contributed by atoms with E-state index in [2.05, 4.69) is 28.1 Å². The molecule has 2 atom stereocenters. The fourth-order valence-electron chi connectivity index (χ4n) is 4.90. The number of methoxy groups -OCH3 is 1. The van der Waals surface area contributed by atoms with Gasteiger partial charge >= 0.3 is 5.97 Å². The second kappa shape index (κ2) is 13.1. The van der Waals surface area contributed by atoms with Crippen molar-refractivity contribution in [3.63, 3.8) is 0 Å². The summed E-state index contributed by atoms with van der Waals surface area (Å²) in [4.78, 5) is 27.7. The molecule has 1 fully saturated rings. The molecule has 0 bridgehead atoms. The summed E-state index contributed by atoms with van der Waals surface area (Å²) in [6.45, 7) is 2.45. The number of rotatable bonds is 10. The van der Waals surface area contributed by atoms with Gasteiger partial charge in [0.2, 0.25) is 5.91 Å². The molecule has 3 N–H and O–H groups in total. The summed E-state index contributed by atoms with van der Waals surface area (Å²) in [6, 6.07) is 23.2. The number of hydrogen-bond acceptors (Lipinski definition) is 5. The van der Waals surface area contributed by atoms with Crippen molar-refractivity contribution in [2.24, 2.45) is 11.1 Å². The van der Waals surface area contributed by atoms with Crippen LogP contribution in [0.15, 0.2) is 77.3 Å². The van der Waals surface area contributed by atoms with Crippen LogP contribution in [0.2, 0.25) is 0 Å². The van der Waals surface area contributed by atoms with Gasteiger partial charge in [-0.1, -0.05) is 60.7 Å². The van der Waals surface area contributed by atoms with Gasteiger partial charge in [0.1, 0.15) is 23.6 Å². The van der Waals surface area contributed by atoms with Crippen molar-refractivity contribution in [2.45, 2.75) is 32.2 Å². The number of carbonyl (C=O) groups excluding carboxylic acids is 2. The van der Waals surface area contributed by atoms with Crippen molar-refractivity contribution in [3.8, 4) is 16.9 Å². The van der Waals surface area contributed by atoms with Gasteiger partial charge in [0, 0.05) is 12.1 Å². The zero-order chi connectivity index (χ0) is 27.3. The van der Waals surface area contributed by atoms with Gasteiger partial charge in [0.25, 0.3) is 0 Å². The van der Waals surface area contributed by atoms with E-state index in [0.29, 0.717) is 24.3 Å². The molecule has 0 saturated carbocycles. The molecule has 1 aliphatic heterocycles. The molecule has 7 nitrogen and oxygen atoms in total. The van der Waals surface area contributed by atoms with Gasteiger partial charge in [-0.2, -0.15) is 0 Å². The van der Waals surface area contributed by atoms with E-state index >= 15 is 0 Å². The first-order valence-corrected chi connectivity index (χ1v) is 13.3. The largest absolute Gasteiger partial charge is 0.490 e. The third-order valence-electron chi connectivity index (χ3n) is 7.05. The Morgan fingerprint density at radius 1 is 1.10 bits per heavy atom. The van der Waals surface area contributed by atoms with E-state index in [0.717, 1.165) is 28.4 Å². The molecule has 9 heteroatoms. The van der Waals surface area contributed by atoms with Crippen molar-refractivity contribution in [1.29, 1.82) is 5.41 Å². The second-order valence-electron chi connectivity index (χ2n) is 9.72. The number of nitrogens with zero attached hydrogens (tertiary/aromatic N) is 1. The predicted octanol–water partition coefficient (Wildman–Crippen LogP) is 5.61. The topological polar surface area (TPSA) is 106 Å². The van der Waals surface area contributed by atoms with E-state index in [9.17, 15) is 9.59 Å². The first-order chi connectivity index (χ1) is 18.2. The van der Waals surface area contributed by atoms with Gasteiger partial charge in [-0.25, -0.2) is 0 Å². The molecule has 3 aromatic rings. The van der Waals surface area contributed by atoms with E-state index in [1.54, 1.807) is 11.8 Å². The van der Waals surface area contributed by atoms with Crippen molar-refractivity contribution in [3.05, 3.63) is 88.4 Å². The van der Waals surface area contributed by atoms with Crippen LogP contribution in [0.5, 0.6) is 5.75 Å². The Bertz CT molecular complexity index is 1320. The molecule has 39 heavy (non-hydrogen) atoms. The molecule has 0 aromatic heterocycles. The van der Waals surface area contributed by atoms with Crippen molar-refractivity contribution >= 4 is 46.0 Å². The first kappa shape index (κ1) is 30.2. The highest BCUT2D eigenvalue weighted by molar-refractivity contribution is 9.10. The maximum atomic E-state index is 13.4. The van der Waals surface area contributed by atoms with E-state index in [4.69, 9.17) is 20.6 Å². The number of halogens is 2. The lowest BCUT2D eigenvalue weighted by Gasteiger charge is -2.25. The van der Waals surface area contributed by atoms with Crippen LogP contribution < -0.4 is 10.5 Å². The summed E-state index contributed by atoms with van der Waals surface area (Å²) >= 11 is 3.61. The highest BCUT2D eigenvalue weighted by Gasteiger charge is 2.54. The number of carbonyl (C=O) groups is 2. The number of benzene rings is 3. The molecule has 1 amide bonds. The number of nitrogens with two attached hydrogens (primary N) is 1. The molecule has 0 spiro atoms. The third kappa shape index (κ3) is 6.81. The number of ether oxygens (including phenoxy) is 2. The minimum Gasteiger partial charge on any atom is -0.490 e. The summed E-state index contributed by atoms with van der Waals surface area (Å²) in [7, 11) is 1.32. The Morgan fingerprint density at radius 2 is 1.77 bits per heavy atom. The summed E-state index contributed by atoms with van der Waals surface area (Å²) in [5.41, 5.74) is 8.19. The number of hydrogen-bond donors (Lipinski definition) is 2. The maximum Gasteiger partial charge on any atom is 0.321 e. The van der Waals surface area contributed by atoms with E-state index < -0.39 is 11.4 Å². The second-order valence-corrected chi connectivity index (χ2v) is 10.6. The van der Waals surface area contributed by atoms with Crippen molar-refractivity contribution in [1.82, 2.24) is 4.90 Å². The normalized spacial score (nSPS) is 18.4. The highest BCUT2D eigenvalue weighted by atomic mass is 79.9. The molecule has 4 rings (SSSR count). The SMILES string of the molecule is COC(=O)[C@@]1(C)C[C@@H](COc2ccc(-c3ccc(C(=N)N)cc3)cc2Br)N(CCCc2ccccc2)C1=O.Cl. The molecular formula is C30H33BrClN3O4. The van der Waals surface area contributed by atoms with Crippen molar-refractivity contribution in [2.75, 3.05) is 20.3 Å². The zero-order valence-electron chi connectivity index (χ0n) is 22.0. The minimum atomic E-state index is -1.22. The van der Waals surface area contributed by atoms with Crippen LogP contribution in [0.25, 0.3) is 11.1 Å². The Balaban J connectivity index is 0.00000420. The van der Waals surface area contributed by atoms with Crippen LogP contribution in [0.1, 0.15) is 30.9 Å². The first-order valence-electron chi connectivity index (χ1n) is 12.5. The van der Waals surface area contributed by atoms with Crippen molar-refractivity contribution < 1.29 is 19.1 Å². The lowest BCUT2D eigenvalue weighted by Crippen LogP contribution is -2.41. The highest BCUT2D eigenvalue weighted by Crippen LogP contribution is 2.38. The predicted molar refractivity (Wildman–Crippen MR) is 158 cm³/mol. The lowest BCUT2D eigenvalue weighted by atomic mass is 9.87. The molecule has 3 aromatic carbocycles. The van der Waals surface area contributed by atoms with Crippen LogP contribution in [0, 0.1) is 10.8 Å². The molecule has 1 aliphatic rings. The Hall–Kier alpha value is -3.36. The van der Waals surface area contributed by atoms with Crippen LogP contribution >= 0.6 is 28.3 Å². The Labute approximate surface area is 243 Å². The average Bonchev–Trinajstić information content (AvgIpc) is 3.18. The van der Waals surface area contributed by atoms with E-state index in [1.165, 1.54) is 12.7 Å². The Kier molecular flexibility index (Phi) is 10.2. The zero-order valence-corrected chi connectivity index (χ0v) is 24.4. The molecule has 0 radical (unpaired) electrons. The Morgan fingerprint density at radius 3 is 2.38 bits per heavy atom. The summed E-state index contributed by atoms with van der Waals surface area (Å²) in [5, 5.41) is 7.56. The van der Waals surface area contributed by atoms with Gasteiger partial charge in [-0.15, -0.1) is 12.4 Å². The number of likely N-dealkylation sites (tertiary alicyclic amines) is 1. The lowest BCUT2D eigenvalue weighted by molar-refractivity contribution is -0.157. The average molecular weight is 615 g/mol. The number of nitrogen functional groups attached to an aromatic ring is 1. The number of amides is 1. The van der Waals surface area contributed by atoms with Gasteiger partial charge in [0.05, 0.1) is 17.6 Å². The van der Waals surface area contributed by atoms with E-state index in [-0.39, 0.29) is 36.8 Å². The fraction of sp³-hybridized carbons (Fsp3) is 0.300. The number of esters is 1. The number of aryl methyl sites for hydroxylation is 1.